The lowest BCUT2D eigenvalue weighted by atomic mass is 10.1. The van der Waals surface area contributed by atoms with Crippen LogP contribution in [0.2, 0.25) is 0 Å². The summed E-state index contributed by atoms with van der Waals surface area (Å²) in [4.78, 5) is 1.98. The quantitative estimate of drug-likeness (QED) is 0.632. The first-order valence-corrected chi connectivity index (χ1v) is 5.29. The number of fused-ring (bicyclic) bond motifs is 1. The molecule has 2 aliphatic heterocycles. The summed E-state index contributed by atoms with van der Waals surface area (Å²) in [6.45, 7) is 4.22. The lowest BCUT2D eigenvalue weighted by Gasteiger charge is -2.29. The molecule has 0 aliphatic carbocycles. The molecule has 2 fully saturated rings. The summed E-state index contributed by atoms with van der Waals surface area (Å²) in [6.07, 6.45) is -0.925. The number of hydrogen-bond donors (Lipinski definition) is 2. The van der Waals surface area contributed by atoms with Gasteiger partial charge in [-0.1, -0.05) is 0 Å². The second kappa shape index (κ2) is 3.68. The summed E-state index contributed by atoms with van der Waals surface area (Å²) < 4.78 is 11.5. The number of likely N-dealkylation sites (N-methyl/N-ethyl adjacent to an activating group) is 1. The minimum atomic E-state index is -0.775. The van der Waals surface area contributed by atoms with Crippen LogP contribution in [0.25, 0.3) is 0 Å². The van der Waals surface area contributed by atoms with Gasteiger partial charge in [0, 0.05) is 6.54 Å². The van der Waals surface area contributed by atoms with Crippen molar-refractivity contribution in [2.45, 2.75) is 44.0 Å². The van der Waals surface area contributed by atoms with Crippen LogP contribution in [-0.4, -0.2) is 65.5 Å². The Morgan fingerprint density at radius 3 is 2.73 bits per heavy atom. The van der Waals surface area contributed by atoms with E-state index in [1.54, 1.807) is 0 Å². The van der Waals surface area contributed by atoms with Crippen molar-refractivity contribution < 1.29 is 19.7 Å². The topological polar surface area (TPSA) is 62.2 Å². The lowest BCUT2D eigenvalue weighted by molar-refractivity contribution is -0.166. The van der Waals surface area contributed by atoms with E-state index in [1.807, 2.05) is 25.8 Å². The molecule has 2 saturated heterocycles. The third-order valence-corrected chi connectivity index (χ3v) is 3.12. The van der Waals surface area contributed by atoms with Crippen molar-refractivity contribution in [2.75, 3.05) is 20.2 Å². The number of aliphatic hydroxyl groups is 2. The first-order chi connectivity index (χ1) is 6.94. The van der Waals surface area contributed by atoms with Gasteiger partial charge in [0.05, 0.1) is 18.8 Å². The summed E-state index contributed by atoms with van der Waals surface area (Å²) in [6, 6.07) is -0.179. The fourth-order valence-electron chi connectivity index (χ4n) is 2.57. The van der Waals surface area contributed by atoms with Crippen LogP contribution in [0.1, 0.15) is 13.8 Å². The van der Waals surface area contributed by atoms with Crippen molar-refractivity contribution >= 4 is 0 Å². The highest BCUT2D eigenvalue weighted by Crippen LogP contribution is 2.36. The Balaban J connectivity index is 2.12. The van der Waals surface area contributed by atoms with Gasteiger partial charge in [-0.25, -0.2) is 0 Å². The molecule has 5 nitrogen and oxygen atoms in total. The Morgan fingerprint density at radius 2 is 2.13 bits per heavy atom. The number of nitrogens with zero attached hydrogens (tertiary/aromatic N) is 1. The van der Waals surface area contributed by atoms with E-state index < -0.39 is 11.9 Å². The SMILES string of the molecule is CN1C[C@H]2OC(C)(C)O[C@H]2[C@H]1[C@H](O)CO. The van der Waals surface area contributed by atoms with E-state index in [4.69, 9.17) is 14.6 Å². The van der Waals surface area contributed by atoms with Crippen molar-refractivity contribution in [3.05, 3.63) is 0 Å². The molecule has 15 heavy (non-hydrogen) atoms. The summed E-state index contributed by atoms with van der Waals surface area (Å²) in [7, 11) is 1.90. The molecule has 0 bridgehead atoms. The van der Waals surface area contributed by atoms with Crippen LogP contribution in [0.5, 0.6) is 0 Å². The third-order valence-electron chi connectivity index (χ3n) is 3.12. The average molecular weight is 217 g/mol. The van der Waals surface area contributed by atoms with Gasteiger partial charge < -0.3 is 19.7 Å². The molecule has 2 heterocycles. The largest absolute Gasteiger partial charge is 0.394 e. The summed E-state index contributed by atoms with van der Waals surface area (Å²) in [5, 5.41) is 18.7. The maximum absolute atomic E-state index is 9.72. The average Bonchev–Trinajstić information content (AvgIpc) is 2.54. The monoisotopic (exact) mass is 217 g/mol. The van der Waals surface area contributed by atoms with Crippen molar-refractivity contribution in [1.29, 1.82) is 0 Å². The minimum absolute atomic E-state index is 0.00352. The zero-order valence-corrected chi connectivity index (χ0v) is 9.38. The molecule has 0 amide bonds. The van der Waals surface area contributed by atoms with Crippen molar-refractivity contribution in [3.63, 3.8) is 0 Å². The van der Waals surface area contributed by atoms with Gasteiger partial charge in [0.25, 0.3) is 0 Å². The Kier molecular flexibility index (Phi) is 2.77. The highest BCUT2D eigenvalue weighted by atomic mass is 16.8. The first kappa shape index (κ1) is 11.3. The van der Waals surface area contributed by atoms with E-state index in [9.17, 15) is 5.11 Å². The molecule has 0 saturated carbocycles. The van der Waals surface area contributed by atoms with E-state index in [0.29, 0.717) is 0 Å². The zero-order valence-electron chi connectivity index (χ0n) is 9.38. The second-order valence-corrected chi connectivity index (χ2v) is 4.82. The Bertz CT molecular complexity index is 242. The number of ether oxygens (including phenoxy) is 2. The van der Waals surface area contributed by atoms with Crippen molar-refractivity contribution in [2.24, 2.45) is 0 Å². The predicted octanol–water partition coefficient (Wildman–Crippen LogP) is -0.826. The van der Waals surface area contributed by atoms with Crippen LogP contribution < -0.4 is 0 Å². The van der Waals surface area contributed by atoms with Gasteiger partial charge in [-0.2, -0.15) is 0 Å². The van der Waals surface area contributed by atoms with Gasteiger partial charge in [0.2, 0.25) is 0 Å². The standard InChI is InChI=1S/C10H19NO4/c1-10(2)14-7-4-11(3)8(6(13)5-12)9(7)15-10/h6-9,12-13H,4-5H2,1-3H3/t6-,7-,8-,9-/m1/s1. The Labute approximate surface area is 89.6 Å². The second-order valence-electron chi connectivity index (χ2n) is 4.82. The fraction of sp³-hybridized carbons (Fsp3) is 1.00. The van der Waals surface area contributed by atoms with Gasteiger partial charge in [0.15, 0.2) is 5.79 Å². The molecule has 0 aromatic carbocycles. The Hall–Kier alpha value is -0.200. The number of rotatable bonds is 2. The van der Waals surface area contributed by atoms with E-state index in [1.165, 1.54) is 0 Å². The number of aliphatic hydroxyl groups excluding tert-OH is 2. The van der Waals surface area contributed by atoms with Crippen LogP contribution in [0, 0.1) is 0 Å². The first-order valence-electron chi connectivity index (χ1n) is 5.29. The van der Waals surface area contributed by atoms with Crippen LogP contribution in [0.15, 0.2) is 0 Å². The minimum Gasteiger partial charge on any atom is -0.394 e. The van der Waals surface area contributed by atoms with Crippen LogP contribution in [0.3, 0.4) is 0 Å². The predicted molar refractivity (Wildman–Crippen MR) is 53.3 cm³/mol. The van der Waals surface area contributed by atoms with Crippen molar-refractivity contribution in [1.82, 2.24) is 4.90 Å². The molecule has 4 atom stereocenters. The fourth-order valence-corrected chi connectivity index (χ4v) is 2.57. The molecular weight excluding hydrogens is 198 g/mol. The molecule has 88 valence electrons. The van der Waals surface area contributed by atoms with Crippen LogP contribution in [-0.2, 0) is 9.47 Å². The molecule has 0 unspecified atom stereocenters. The van der Waals surface area contributed by atoms with Gasteiger partial charge in [-0.05, 0) is 20.9 Å². The summed E-state index contributed by atoms with van der Waals surface area (Å²) in [5.74, 6) is -0.579. The van der Waals surface area contributed by atoms with E-state index in [0.717, 1.165) is 6.54 Å². The highest BCUT2D eigenvalue weighted by Gasteiger charge is 2.53. The summed E-state index contributed by atoms with van der Waals surface area (Å²) in [5.41, 5.74) is 0. The molecule has 0 radical (unpaired) electrons. The molecular formula is C10H19NO4. The van der Waals surface area contributed by atoms with Gasteiger partial charge in [-0.15, -0.1) is 0 Å². The Morgan fingerprint density at radius 1 is 1.47 bits per heavy atom. The lowest BCUT2D eigenvalue weighted by Crippen LogP contribution is -2.46. The molecule has 0 aromatic rings. The van der Waals surface area contributed by atoms with Crippen LogP contribution >= 0.6 is 0 Å². The molecule has 2 aliphatic rings. The third kappa shape index (κ3) is 1.90. The van der Waals surface area contributed by atoms with Gasteiger partial charge in [0.1, 0.15) is 12.2 Å². The number of hydrogen-bond acceptors (Lipinski definition) is 5. The maximum Gasteiger partial charge on any atom is 0.163 e. The molecule has 5 heteroatoms. The number of likely N-dealkylation sites (tertiary alicyclic amines) is 1. The van der Waals surface area contributed by atoms with Crippen LogP contribution in [0.4, 0.5) is 0 Å². The molecule has 2 N–H and O–H groups in total. The van der Waals surface area contributed by atoms with E-state index in [2.05, 4.69) is 0 Å². The molecule has 0 spiro atoms. The summed E-state index contributed by atoms with van der Waals surface area (Å²) >= 11 is 0. The maximum atomic E-state index is 9.72. The smallest absolute Gasteiger partial charge is 0.163 e. The van der Waals surface area contributed by atoms with Gasteiger partial charge in [-0.3, -0.25) is 4.90 Å². The molecule has 0 aromatic heterocycles. The van der Waals surface area contributed by atoms with E-state index >= 15 is 0 Å². The van der Waals surface area contributed by atoms with E-state index in [-0.39, 0.29) is 24.9 Å². The normalized spacial score (nSPS) is 41.8. The molecule has 2 rings (SSSR count). The highest BCUT2D eigenvalue weighted by molar-refractivity contribution is 5.01. The zero-order chi connectivity index (χ0) is 11.2. The van der Waals surface area contributed by atoms with Gasteiger partial charge >= 0.3 is 0 Å². The van der Waals surface area contributed by atoms with Crippen molar-refractivity contribution in [3.8, 4) is 0 Å².